The molecule has 0 radical (unpaired) electrons. The Labute approximate surface area is 120 Å². The van der Waals surface area contributed by atoms with Crippen molar-refractivity contribution in [1.82, 2.24) is 5.32 Å². The van der Waals surface area contributed by atoms with E-state index in [-0.39, 0.29) is 11.8 Å². The molecule has 1 aromatic rings. The smallest absolute Gasteiger partial charge is 0.223 e. The fraction of sp³-hybridized carbons (Fsp3) is 0.562. The van der Waals surface area contributed by atoms with Crippen LogP contribution >= 0.6 is 0 Å². The van der Waals surface area contributed by atoms with Gasteiger partial charge in [0.05, 0.1) is 6.61 Å². The molecule has 1 saturated heterocycles. The highest BCUT2D eigenvalue weighted by Crippen LogP contribution is 2.15. The first kappa shape index (κ1) is 15.0. The quantitative estimate of drug-likeness (QED) is 0.867. The van der Waals surface area contributed by atoms with Gasteiger partial charge in [-0.25, -0.2) is 0 Å². The maximum atomic E-state index is 12.1. The van der Waals surface area contributed by atoms with Gasteiger partial charge in [-0.3, -0.25) is 4.79 Å². The Hall–Kier alpha value is -1.39. The zero-order chi connectivity index (χ0) is 14.2. The van der Waals surface area contributed by atoms with Gasteiger partial charge in [0.15, 0.2) is 0 Å². The van der Waals surface area contributed by atoms with Crippen molar-refractivity contribution < 1.29 is 14.3 Å². The number of carbonyl (C=O) groups excluding carboxylic acids is 1. The molecule has 1 aliphatic heterocycles. The first-order valence-electron chi connectivity index (χ1n) is 7.31. The van der Waals surface area contributed by atoms with Crippen molar-refractivity contribution in [3.63, 3.8) is 0 Å². The van der Waals surface area contributed by atoms with Gasteiger partial charge in [0.1, 0.15) is 0 Å². The zero-order valence-electron chi connectivity index (χ0n) is 12.1. The van der Waals surface area contributed by atoms with Crippen LogP contribution in [0.25, 0.3) is 0 Å². The molecule has 2 rings (SSSR count). The van der Waals surface area contributed by atoms with Crippen molar-refractivity contribution in [2.45, 2.75) is 32.9 Å². The Morgan fingerprint density at radius 1 is 1.30 bits per heavy atom. The number of benzene rings is 1. The first-order chi connectivity index (χ1) is 9.81. The lowest BCUT2D eigenvalue weighted by atomic mass is 9.99. The van der Waals surface area contributed by atoms with E-state index in [0.29, 0.717) is 33.0 Å². The predicted molar refractivity (Wildman–Crippen MR) is 77.2 cm³/mol. The molecule has 0 aliphatic carbocycles. The lowest BCUT2D eigenvalue weighted by Crippen LogP contribution is -2.34. The van der Waals surface area contributed by atoms with Crippen LogP contribution < -0.4 is 5.32 Å². The van der Waals surface area contributed by atoms with Crippen LogP contribution in [0.1, 0.15) is 30.9 Å². The molecule has 0 spiro atoms. The predicted octanol–water partition coefficient (Wildman–Crippen LogP) is 2.27. The number of ether oxygens (including phenoxy) is 2. The van der Waals surface area contributed by atoms with Crippen LogP contribution in [0, 0.1) is 5.92 Å². The molecule has 20 heavy (non-hydrogen) atoms. The van der Waals surface area contributed by atoms with Crippen molar-refractivity contribution in [3.05, 3.63) is 35.4 Å². The van der Waals surface area contributed by atoms with Crippen molar-refractivity contribution in [1.29, 1.82) is 0 Å². The molecule has 0 aromatic heterocycles. The fourth-order valence-corrected chi connectivity index (χ4v) is 2.37. The van der Waals surface area contributed by atoms with Crippen molar-refractivity contribution in [2.24, 2.45) is 5.92 Å². The molecule has 0 unspecified atom stereocenters. The van der Waals surface area contributed by atoms with E-state index in [2.05, 4.69) is 5.32 Å². The van der Waals surface area contributed by atoms with E-state index < -0.39 is 0 Å². The molecule has 1 heterocycles. The van der Waals surface area contributed by atoms with Gasteiger partial charge >= 0.3 is 0 Å². The summed E-state index contributed by atoms with van der Waals surface area (Å²) in [5, 5.41) is 3.04. The summed E-state index contributed by atoms with van der Waals surface area (Å²) in [6.45, 7) is 5.23. The van der Waals surface area contributed by atoms with Crippen LogP contribution in [0.5, 0.6) is 0 Å². The van der Waals surface area contributed by atoms with Crippen molar-refractivity contribution in [3.8, 4) is 0 Å². The Balaban J connectivity index is 1.87. The third kappa shape index (κ3) is 4.32. The van der Waals surface area contributed by atoms with E-state index in [9.17, 15) is 4.79 Å². The van der Waals surface area contributed by atoms with Gasteiger partial charge in [0.25, 0.3) is 0 Å². The average Bonchev–Trinajstić information content (AvgIpc) is 2.52. The number of amides is 1. The summed E-state index contributed by atoms with van der Waals surface area (Å²) in [7, 11) is 0. The molecule has 1 amide bonds. The molecule has 1 fully saturated rings. The summed E-state index contributed by atoms with van der Waals surface area (Å²) in [6, 6.07) is 8.08. The van der Waals surface area contributed by atoms with Crippen LogP contribution in [0.15, 0.2) is 24.3 Å². The zero-order valence-corrected chi connectivity index (χ0v) is 12.1. The van der Waals surface area contributed by atoms with E-state index in [0.717, 1.165) is 24.0 Å². The fourth-order valence-electron chi connectivity index (χ4n) is 2.37. The van der Waals surface area contributed by atoms with Crippen molar-refractivity contribution >= 4 is 5.91 Å². The number of hydrogen-bond donors (Lipinski definition) is 1. The van der Waals surface area contributed by atoms with Crippen LogP contribution in [0.4, 0.5) is 0 Å². The maximum Gasteiger partial charge on any atom is 0.223 e. The number of nitrogens with one attached hydrogen (secondary N) is 1. The summed E-state index contributed by atoms with van der Waals surface area (Å²) < 4.78 is 10.7. The standard InChI is InChI=1S/C16H23NO3/c1-2-19-12-15-6-4-3-5-14(15)11-17-16(18)13-7-9-20-10-8-13/h3-6,13H,2,7-12H2,1H3,(H,17,18). The highest BCUT2D eigenvalue weighted by Gasteiger charge is 2.21. The second-order valence-electron chi connectivity index (χ2n) is 5.01. The van der Waals surface area contributed by atoms with E-state index in [1.165, 1.54) is 0 Å². The largest absolute Gasteiger partial charge is 0.381 e. The van der Waals surface area contributed by atoms with Gasteiger partial charge < -0.3 is 14.8 Å². The monoisotopic (exact) mass is 277 g/mol. The Morgan fingerprint density at radius 2 is 2.00 bits per heavy atom. The minimum Gasteiger partial charge on any atom is -0.381 e. The SMILES string of the molecule is CCOCc1ccccc1CNC(=O)C1CCOCC1. The topological polar surface area (TPSA) is 47.6 Å². The molecule has 4 heteroatoms. The average molecular weight is 277 g/mol. The van der Waals surface area contributed by atoms with E-state index >= 15 is 0 Å². The molecule has 0 bridgehead atoms. The number of rotatable bonds is 6. The molecule has 0 saturated carbocycles. The van der Waals surface area contributed by atoms with Crippen LogP contribution in [-0.4, -0.2) is 25.7 Å². The molecular formula is C16H23NO3. The summed E-state index contributed by atoms with van der Waals surface area (Å²) >= 11 is 0. The van der Waals surface area contributed by atoms with E-state index in [1.54, 1.807) is 0 Å². The van der Waals surface area contributed by atoms with Gasteiger partial charge in [-0.1, -0.05) is 24.3 Å². The second kappa shape index (κ2) is 8.02. The van der Waals surface area contributed by atoms with Crippen molar-refractivity contribution in [2.75, 3.05) is 19.8 Å². The Kier molecular flexibility index (Phi) is 6.02. The molecule has 1 N–H and O–H groups in total. The first-order valence-corrected chi connectivity index (χ1v) is 7.31. The molecular weight excluding hydrogens is 254 g/mol. The van der Waals surface area contributed by atoms with Crippen LogP contribution in [0.2, 0.25) is 0 Å². The van der Waals surface area contributed by atoms with E-state index in [1.807, 2.05) is 31.2 Å². The maximum absolute atomic E-state index is 12.1. The van der Waals surface area contributed by atoms with Gasteiger partial charge in [0.2, 0.25) is 5.91 Å². The molecule has 1 aliphatic rings. The minimum atomic E-state index is 0.0998. The minimum absolute atomic E-state index is 0.0998. The Bertz CT molecular complexity index is 427. The lowest BCUT2D eigenvalue weighted by Gasteiger charge is -2.21. The molecule has 110 valence electrons. The number of hydrogen-bond acceptors (Lipinski definition) is 3. The highest BCUT2D eigenvalue weighted by molar-refractivity contribution is 5.78. The summed E-state index contributed by atoms with van der Waals surface area (Å²) in [5.41, 5.74) is 2.27. The summed E-state index contributed by atoms with van der Waals surface area (Å²) in [6.07, 6.45) is 1.65. The summed E-state index contributed by atoms with van der Waals surface area (Å²) in [4.78, 5) is 12.1. The third-order valence-electron chi connectivity index (χ3n) is 3.63. The normalized spacial score (nSPS) is 16.1. The highest BCUT2D eigenvalue weighted by atomic mass is 16.5. The third-order valence-corrected chi connectivity index (χ3v) is 3.63. The molecule has 1 aromatic carbocycles. The lowest BCUT2D eigenvalue weighted by molar-refractivity contribution is -0.128. The van der Waals surface area contributed by atoms with E-state index in [4.69, 9.17) is 9.47 Å². The Morgan fingerprint density at radius 3 is 2.70 bits per heavy atom. The molecule has 0 atom stereocenters. The van der Waals surface area contributed by atoms with Gasteiger partial charge in [-0.15, -0.1) is 0 Å². The van der Waals surface area contributed by atoms with Crippen LogP contribution in [0.3, 0.4) is 0 Å². The summed E-state index contributed by atoms with van der Waals surface area (Å²) in [5.74, 6) is 0.238. The van der Waals surface area contributed by atoms with Gasteiger partial charge in [-0.05, 0) is 30.9 Å². The van der Waals surface area contributed by atoms with Gasteiger partial charge in [-0.2, -0.15) is 0 Å². The number of carbonyl (C=O) groups is 1. The van der Waals surface area contributed by atoms with Gasteiger partial charge in [0, 0.05) is 32.3 Å². The molecule has 4 nitrogen and oxygen atoms in total. The second-order valence-corrected chi connectivity index (χ2v) is 5.01. The van der Waals surface area contributed by atoms with Crippen LogP contribution in [-0.2, 0) is 27.4 Å².